The molecule has 0 atom stereocenters. The Morgan fingerprint density at radius 2 is 2.20 bits per heavy atom. The van der Waals surface area contributed by atoms with Crippen molar-refractivity contribution in [2.45, 2.75) is 13.8 Å². The third-order valence-electron chi connectivity index (χ3n) is 2.28. The summed E-state index contributed by atoms with van der Waals surface area (Å²) in [4.78, 5) is 4.30. The van der Waals surface area contributed by atoms with E-state index < -0.39 is 0 Å². The fourth-order valence-corrected chi connectivity index (χ4v) is 1.87. The summed E-state index contributed by atoms with van der Waals surface area (Å²) in [5, 5.41) is 1.59. The van der Waals surface area contributed by atoms with Crippen molar-refractivity contribution in [3.8, 4) is 5.75 Å². The monoisotopic (exact) mass is 221 g/mol. The smallest absolute Gasteiger partial charge is 0.145 e. The van der Waals surface area contributed by atoms with E-state index in [2.05, 4.69) is 4.98 Å². The Labute approximate surface area is 93.8 Å². The standard InChI is InChI=1S/C12H12ClNO/c1-3-15-10-6-4-5-9-8(2)7-11(13)14-12(9)10/h4-7H,3H2,1-2H3. The Morgan fingerprint density at radius 3 is 2.93 bits per heavy atom. The summed E-state index contributed by atoms with van der Waals surface area (Å²) in [5.41, 5.74) is 1.95. The van der Waals surface area contributed by atoms with Gasteiger partial charge in [0.05, 0.1) is 6.61 Å². The van der Waals surface area contributed by atoms with Gasteiger partial charge in [-0.3, -0.25) is 0 Å². The van der Waals surface area contributed by atoms with Crippen LogP contribution in [0.25, 0.3) is 10.9 Å². The van der Waals surface area contributed by atoms with Gasteiger partial charge in [-0.05, 0) is 31.5 Å². The van der Waals surface area contributed by atoms with Crippen LogP contribution in [0.15, 0.2) is 24.3 Å². The number of pyridine rings is 1. The van der Waals surface area contributed by atoms with Crippen molar-refractivity contribution >= 4 is 22.5 Å². The second-order valence-corrected chi connectivity index (χ2v) is 3.73. The quantitative estimate of drug-likeness (QED) is 0.723. The van der Waals surface area contributed by atoms with Crippen LogP contribution in [0.5, 0.6) is 5.75 Å². The highest BCUT2D eigenvalue weighted by molar-refractivity contribution is 6.30. The summed E-state index contributed by atoms with van der Waals surface area (Å²) < 4.78 is 5.51. The highest BCUT2D eigenvalue weighted by Gasteiger charge is 2.06. The molecular weight excluding hydrogens is 210 g/mol. The van der Waals surface area contributed by atoms with Gasteiger partial charge in [0, 0.05) is 5.39 Å². The highest BCUT2D eigenvalue weighted by Crippen LogP contribution is 2.27. The Bertz CT molecular complexity index is 496. The van der Waals surface area contributed by atoms with Crippen LogP contribution >= 0.6 is 11.6 Å². The molecule has 0 spiro atoms. The van der Waals surface area contributed by atoms with Crippen LogP contribution < -0.4 is 4.74 Å². The van der Waals surface area contributed by atoms with E-state index in [4.69, 9.17) is 16.3 Å². The first-order valence-electron chi connectivity index (χ1n) is 4.91. The minimum atomic E-state index is 0.507. The van der Waals surface area contributed by atoms with Crippen molar-refractivity contribution in [2.24, 2.45) is 0 Å². The van der Waals surface area contributed by atoms with E-state index in [1.165, 1.54) is 0 Å². The van der Waals surface area contributed by atoms with Crippen molar-refractivity contribution < 1.29 is 4.74 Å². The summed E-state index contributed by atoms with van der Waals surface area (Å²) in [7, 11) is 0. The maximum absolute atomic E-state index is 5.93. The normalized spacial score (nSPS) is 10.6. The molecule has 15 heavy (non-hydrogen) atoms. The topological polar surface area (TPSA) is 22.1 Å². The number of para-hydroxylation sites is 1. The fourth-order valence-electron chi connectivity index (χ4n) is 1.62. The largest absolute Gasteiger partial charge is 0.492 e. The van der Waals surface area contributed by atoms with Crippen molar-refractivity contribution in [1.29, 1.82) is 0 Å². The first-order chi connectivity index (χ1) is 7.22. The molecule has 0 aliphatic carbocycles. The van der Waals surface area contributed by atoms with Gasteiger partial charge in [0.25, 0.3) is 0 Å². The Balaban J connectivity index is 2.73. The van der Waals surface area contributed by atoms with E-state index in [1.54, 1.807) is 0 Å². The minimum Gasteiger partial charge on any atom is -0.492 e. The second-order valence-electron chi connectivity index (χ2n) is 3.35. The van der Waals surface area contributed by atoms with E-state index in [-0.39, 0.29) is 0 Å². The van der Waals surface area contributed by atoms with E-state index in [0.717, 1.165) is 22.2 Å². The molecule has 0 saturated heterocycles. The molecule has 0 fully saturated rings. The first-order valence-corrected chi connectivity index (χ1v) is 5.29. The molecule has 0 bridgehead atoms. The van der Waals surface area contributed by atoms with E-state index in [9.17, 15) is 0 Å². The Morgan fingerprint density at radius 1 is 1.40 bits per heavy atom. The van der Waals surface area contributed by atoms with E-state index >= 15 is 0 Å². The number of rotatable bonds is 2. The number of aromatic nitrogens is 1. The average molecular weight is 222 g/mol. The molecule has 2 rings (SSSR count). The van der Waals surface area contributed by atoms with Gasteiger partial charge >= 0.3 is 0 Å². The second kappa shape index (κ2) is 4.07. The molecule has 0 amide bonds. The number of hydrogen-bond acceptors (Lipinski definition) is 2. The molecule has 0 N–H and O–H groups in total. The molecular formula is C12H12ClNO. The first kappa shape index (κ1) is 10.2. The molecule has 78 valence electrons. The van der Waals surface area contributed by atoms with Gasteiger partial charge < -0.3 is 4.74 Å². The number of nitrogens with zero attached hydrogens (tertiary/aromatic N) is 1. The predicted octanol–water partition coefficient (Wildman–Crippen LogP) is 3.60. The molecule has 0 saturated carbocycles. The van der Waals surface area contributed by atoms with Crippen molar-refractivity contribution in [3.05, 3.63) is 35.0 Å². The van der Waals surface area contributed by atoms with Gasteiger partial charge in [-0.1, -0.05) is 23.7 Å². The van der Waals surface area contributed by atoms with Crippen LogP contribution in [0, 0.1) is 6.92 Å². The zero-order valence-electron chi connectivity index (χ0n) is 8.75. The van der Waals surface area contributed by atoms with Crippen LogP contribution in [0.4, 0.5) is 0 Å². The maximum atomic E-state index is 5.93. The van der Waals surface area contributed by atoms with Gasteiger partial charge in [0.2, 0.25) is 0 Å². The van der Waals surface area contributed by atoms with Gasteiger partial charge in [-0.25, -0.2) is 4.98 Å². The number of aryl methyl sites for hydroxylation is 1. The molecule has 2 aromatic rings. The van der Waals surface area contributed by atoms with Crippen LogP contribution in [0.1, 0.15) is 12.5 Å². The minimum absolute atomic E-state index is 0.507. The third-order valence-corrected chi connectivity index (χ3v) is 2.47. The van der Waals surface area contributed by atoms with Gasteiger partial charge in [-0.2, -0.15) is 0 Å². The van der Waals surface area contributed by atoms with E-state index in [1.807, 2.05) is 38.1 Å². The van der Waals surface area contributed by atoms with Gasteiger partial charge in [-0.15, -0.1) is 0 Å². The van der Waals surface area contributed by atoms with Crippen LogP contribution in [0.2, 0.25) is 5.15 Å². The summed E-state index contributed by atoms with van der Waals surface area (Å²) in [6, 6.07) is 7.76. The molecule has 1 heterocycles. The fraction of sp³-hybridized carbons (Fsp3) is 0.250. The lowest BCUT2D eigenvalue weighted by Gasteiger charge is -2.08. The lowest BCUT2D eigenvalue weighted by Crippen LogP contribution is -1.94. The molecule has 0 aliphatic rings. The number of fused-ring (bicyclic) bond motifs is 1. The van der Waals surface area contributed by atoms with E-state index in [0.29, 0.717) is 11.8 Å². The zero-order valence-corrected chi connectivity index (χ0v) is 9.51. The molecule has 1 aromatic heterocycles. The average Bonchev–Trinajstić information content (AvgIpc) is 2.19. The van der Waals surface area contributed by atoms with Gasteiger partial charge in [0.1, 0.15) is 16.4 Å². The number of benzene rings is 1. The molecule has 0 aliphatic heterocycles. The lowest BCUT2D eigenvalue weighted by molar-refractivity contribution is 0.343. The Kier molecular flexibility index (Phi) is 2.78. The third kappa shape index (κ3) is 1.90. The molecule has 1 aromatic carbocycles. The lowest BCUT2D eigenvalue weighted by atomic mass is 10.1. The zero-order chi connectivity index (χ0) is 10.8. The summed E-state index contributed by atoms with van der Waals surface area (Å²) in [5.74, 6) is 0.792. The number of ether oxygens (including phenoxy) is 1. The predicted molar refractivity (Wildman–Crippen MR) is 62.7 cm³/mol. The summed E-state index contributed by atoms with van der Waals surface area (Å²) >= 11 is 5.93. The van der Waals surface area contributed by atoms with Crippen molar-refractivity contribution in [1.82, 2.24) is 4.98 Å². The molecule has 0 radical (unpaired) electrons. The number of hydrogen-bond donors (Lipinski definition) is 0. The summed E-state index contributed by atoms with van der Waals surface area (Å²) in [6.45, 7) is 4.61. The number of halogens is 1. The van der Waals surface area contributed by atoms with Gasteiger partial charge in [0.15, 0.2) is 0 Å². The molecule has 2 nitrogen and oxygen atoms in total. The van der Waals surface area contributed by atoms with Crippen molar-refractivity contribution in [2.75, 3.05) is 6.61 Å². The Hall–Kier alpha value is -1.28. The van der Waals surface area contributed by atoms with Crippen molar-refractivity contribution in [3.63, 3.8) is 0 Å². The highest BCUT2D eigenvalue weighted by atomic mass is 35.5. The summed E-state index contributed by atoms with van der Waals surface area (Å²) in [6.07, 6.45) is 0. The van der Waals surface area contributed by atoms with Crippen LogP contribution in [-0.2, 0) is 0 Å². The van der Waals surface area contributed by atoms with Crippen LogP contribution in [-0.4, -0.2) is 11.6 Å². The SMILES string of the molecule is CCOc1cccc2c(C)cc(Cl)nc12. The molecule has 3 heteroatoms. The van der Waals surface area contributed by atoms with Crippen LogP contribution in [0.3, 0.4) is 0 Å². The molecule has 0 unspecified atom stereocenters. The maximum Gasteiger partial charge on any atom is 0.145 e.